The Balaban J connectivity index is 1.18. The van der Waals surface area contributed by atoms with Crippen molar-refractivity contribution in [1.82, 2.24) is 0 Å². The summed E-state index contributed by atoms with van der Waals surface area (Å²) in [6.07, 6.45) is 11.1. The number of rotatable bonds is 12. The molecule has 0 saturated heterocycles. The Labute approximate surface area is 279 Å². The second-order valence-corrected chi connectivity index (χ2v) is 13.9. The average Bonchev–Trinajstić information content (AvgIpc) is 3.91. The van der Waals surface area contributed by atoms with Crippen molar-refractivity contribution in [3.63, 3.8) is 0 Å². The van der Waals surface area contributed by atoms with Crippen LogP contribution >= 0.6 is 0 Å². The van der Waals surface area contributed by atoms with E-state index < -0.39 is 35.4 Å². The number of hydrogen-bond donors (Lipinski definition) is 5. The van der Waals surface area contributed by atoms with Crippen LogP contribution in [0.4, 0.5) is 28.4 Å². The van der Waals surface area contributed by atoms with Crippen LogP contribution in [-0.4, -0.2) is 37.1 Å². The average molecular weight is 664 g/mol. The molecule has 2 aromatic rings. The predicted molar refractivity (Wildman–Crippen MR) is 179 cm³/mol. The molecule has 4 aliphatic rings. The highest BCUT2D eigenvalue weighted by Gasteiger charge is 2.41. The molecule has 13 nitrogen and oxygen atoms in total. The van der Waals surface area contributed by atoms with Crippen LogP contribution in [0.3, 0.4) is 0 Å². The lowest BCUT2D eigenvalue weighted by Crippen LogP contribution is -2.30. The van der Waals surface area contributed by atoms with Gasteiger partial charge < -0.3 is 47.6 Å². The minimum absolute atomic E-state index is 0.0102. The largest absolute Gasteiger partial charge is 0.462 e. The van der Waals surface area contributed by atoms with Crippen molar-refractivity contribution in [2.45, 2.75) is 71.1 Å². The lowest BCUT2D eigenvalue weighted by molar-refractivity contribution is -0.156. The van der Waals surface area contributed by atoms with Crippen LogP contribution in [0.1, 0.15) is 90.5 Å². The van der Waals surface area contributed by atoms with Gasteiger partial charge in [-0.2, -0.15) is 0 Å². The lowest BCUT2D eigenvalue weighted by Gasteiger charge is -2.33. The first-order chi connectivity index (χ1) is 22.9. The van der Waals surface area contributed by atoms with Crippen LogP contribution in [0.25, 0.3) is 0 Å². The van der Waals surface area contributed by atoms with Gasteiger partial charge in [0.25, 0.3) is 0 Å². The van der Waals surface area contributed by atoms with Gasteiger partial charge in [-0.25, -0.2) is 19.2 Å². The summed E-state index contributed by atoms with van der Waals surface area (Å²) in [6, 6.07) is 2.61. The fourth-order valence-electron chi connectivity index (χ4n) is 7.04. The third-order valence-corrected chi connectivity index (χ3v) is 10.7. The Morgan fingerprint density at radius 1 is 0.604 bits per heavy atom. The van der Waals surface area contributed by atoms with Gasteiger partial charge in [0.1, 0.15) is 11.1 Å². The molecule has 0 spiro atoms. The lowest BCUT2D eigenvalue weighted by atomic mass is 9.74. The minimum Gasteiger partial charge on any atom is -0.462 e. The summed E-state index contributed by atoms with van der Waals surface area (Å²) in [4.78, 5) is 53.0. The van der Waals surface area contributed by atoms with Crippen molar-refractivity contribution < 1.29 is 38.1 Å². The van der Waals surface area contributed by atoms with Gasteiger partial charge in [0, 0.05) is 0 Å². The van der Waals surface area contributed by atoms with E-state index in [1.54, 1.807) is 6.92 Å². The molecule has 2 atom stereocenters. The summed E-state index contributed by atoms with van der Waals surface area (Å²) in [5.41, 5.74) is 29.8. The first kappa shape index (κ1) is 33.2. The number of anilines is 5. The topological polar surface area (TPSA) is 235 Å². The molecule has 10 N–H and O–H groups in total. The zero-order valence-electron chi connectivity index (χ0n) is 27.3. The number of esters is 4. The van der Waals surface area contributed by atoms with E-state index in [0.717, 1.165) is 64.2 Å². The quantitative estimate of drug-likeness (QED) is 0.0918. The Bertz CT molecular complexity index is 1510. The molecule has 2 aromatic carbocycles. The Hall–Kier alpha value is -4.68. The van der Waals surface area contributed by atoms with E-state index in [2.05, 4.69) is 0 Å². The summed E-state index contributed by atoms with van der Waals surface area (Å²) in [7, 11) is 0. The van der Waals surface area contributed by atoms with Crippen molar-refractivity contribution in [1.29, 1.82) is 0 Å². The molecule has 4 aliphatic carbocycles. The highest BCUT2D eigenvalue weighted by molar-refractivity contribution is 6.31. The van der Waals surface area contributed by atoms with E-state index in [1.165, 1.54) is 12.1 Å². The molecule has 2 unspecified atom stereocenters. The molecular weight excluding hydrogens is 618 g/mol. The molecule has 48 heavy (non-hydrogen) atoms. The zero-order chi connectivity index (χ0) is 34.3. The normalized spacial score (nSPS) is 18.9. The molecule has 0 heterocycles. The highest BCUT2D eigenvalue weighted by atomic mass is 16.6. The molecule has 0 aliphatic heterocycles. The van der Waals surface area contributed by atoms with Crippen LogP contribution in [0.15, 0.2) is 12.1 Å². The summed E-state index contributed by atoms with van der Waals surface area (Å²) in [5.74, 6) is -3.26. The van der Waals surface area contributed by atoms with Crippen molar-refractivity contribution in [2.75, 3.05) is 41.9 Å². The fraction of sp³-hybridized carbons (Fsp3) is 0.543. The van der Waals surface area contributed by atoms with Crippen molar-refractivity contribution in [2.24, 2.45) is 35.5 Å². The maximum absolute atomic E-state index is 13.4. The maximum Gasteiger partial charge on any atom is 0.423 e. The highest BCUT2D eigenvalue weighted by Crippen LogP contribution is 2.48. The molecular formula is C35H45N5O8. The molecule has 258 valence electrons. The SMILES string of the molecule is Cc1cc(N)c(OC(=O)C(=O)Oc2c(N)cc(N)c(N)c2C(=O)OCC(C2CCC2)C2CC2)c(C(=O)OCC(C2CCC2)C2CC2)c1N. The molecule has 4 fully saturated rings. The molecule has 0 radical (unpaired) electrons. The van der Waals surface area contributed by atoms with Crippen molar-refractivity contribution in [3.05, 3.63) is 28.8 Å². The number of aryl methyl sites for hydroxylation is 1. The van der Waals surface area contributed by atoms with Crippen LogP contribution < -0.4 is 38.1 Å². The Morgan fingerprint density at radius 2 is 1.00 bits per heavy atom. The number of nitrogen functional groups attached to an aromatic ring is 5. The number of carbonyl (C=O) groups excluding carboxylic acids is 4. The van der Waals surface area contributed by atoms with E-state index >= 15 is 0 Å². The molecule has 6 rings (SSSR count). The van der Waals surface area contributed by atoms with E-state index in [1.807, 2.05) is 0 Å². The van der Waals surface area contributed by atoms with Gasteiger partial charge in [-0.05, 0) is 85.8 Å². The second-order valence-electron chi connectivity index (χ2n) is 13.9. The van der Waals surface area contributed by atoms with Crippen LogP contribution in [0, 0.1) is 42.4 Å². The van der Waals surface area contributed by atoms with Crippen LogP contribution in [0.5, 0.6) is 11.5 Å². The second kappa shape index (κ2) is 13.4. The van der Waals surface area contributed by atoms with E-state index in [0.29, 0.717) is 29.2 Å². The van der Waals surface area contributed by atoms with Gasteiger partial charge in [0.05, 0.1) is 41.7 Å². The van der Waals surface area contributed by atoms with Crippen LogP contribution in [0.2, 0.25) is 0 Å². The number of hydrogen-bond acceptors (Lipinski definition) is 13. The van der Waals surface area contributed by atoms with Crippen LogP contribution in [-0.2, 0) is 19.1 Å². The number of carbonyl (C=O) groups is 4. The number of ether oxygens (including phenoxy) is 4. The molecule has 13 heteroatoms. The summed E-state index contributed by atoms with van der Waals surface area (Å²) >= 11 is 0. The molecule has 0 amide bonds. The summed E-state index contributed by atoms with van der Waals surface area (Å²) in [6.45, 7) is 2.01. The first-order valence-corrected chi connectivity index (χ1v) is 16.9. The van der Waals surface area contributed by atoms with Gasteiger partial charge in [0.2, 0.25) is 0 Å². The minimum atomic E-state index is -1.57. The van der Waals surface area contributed by atoms with Crippen molar-refractivity contribution >= 4 is 52.3 Å². The Morgan fingerprint density at radius 3 is 1.40 bits per heavy atom. The van der Waals surface area contributed by atoms with Gasteiger partial charge in [-0.15, -0.1) is 0 Å². The van der Waals surface area contributed by atoms with E-state index in [4.69, 9.17) is 47.6 Å². The zero-order valence-corrected chi connectivity index (χ0v) is 27.3. The predicted octanol–water partition coefficient (Wildman–Crippen LogP) is 4.38. The monoisotopic (exact) mass is 663 g/mol. The van der Waals surface area contributed by atoms with E-state index in [-0.39, 0.29) is 64.6 Å². The third kappa shape index (κ3) is 6.81. The van der Waals surface area contributed by atoms with Crippen molar-refractivity contribution in [3.8, 4) is 11.5 Å². The van der Waals surface area contributed by atoms with Gasteiger partial charge in [0.15, 0.2) is 11.5 Å². The molecule has 4 saturated carbocycles. The van der Waals surface area contributed by atoms with Gasteiger partial charge in [-0.3, -0.25) is 0 Å². The smallest absolute Gasteiger partial charge is 0.423 e. The first-order valence-electron chi connectivity index (χ1n) is 16.9. The number of nitrogens with two attached hydrogens (primary N) is 5. The molecule has 0 aromatic heterocycles. The maximum atomic E-state index is 13.4. The van der Waals surface area contributed by atoms with Gasteiger partial charge in [-0.1, -0.05) is 38.5 Å². The van der Waals surface area contributed by atoms with E-state index in [9.17, 15) is 19.2 Å². The summed E-state index contributed by atoms with van der Waals surface area (Å²) < 4.78 is 22.0. The van der Waals surface area contributed by atoms with Gasteiger partial charge >= 0.3 is 23.9 Å². The Kier molecular flexibility index (Phi) is 9.30. The fourth-order valence-corrected chi connectivity index (χ4v) is 7.04. The molecule has 0 bridgehead atoms. The summed E-state index contributed by atoms with van der Waals surface area (Å²) in [5, 5.41) is 0. The standard InChI is InChI=1S/C35H45N5O8/c1-16-12-24(37)30(26(28(16)39)32(41)45-14-21(19-8-9-19)17-4-2-5-17)47-34(43)35(44)48-31-25(38)13-23(36)29(40)27(31)33(42)46-15-22(20-10-11-20)18-6-3-7-18/h12-13,17-22H,2-11,14-15,36-40H2,1H3. The third-order valence-electron chi connectivity index (χ3n) is 10.7. The number of benzene rings is 2.